The van der Waals surface area contributed by atoms with E-state index >= 15 is 0 Å². The minimum Gasteiger partial charge on any atom is -0.350 e. The summed E-state index contributed by atoms with van der Waals surface area (Å²) >= 11 is 6.25. The van der Waals surface area contributed by atoms with Crippen LogP contribution in [0.5, 0.6) is 0 Å². The molecule has 0 bridgehead atoms. The number of halogens is 1. The van der Waals surface area contributed by atoms with Gasteiger partial charge in [0.05, 0.1) is 12.8 Å². The second-order valence-electron chi connectivity index (χ2n) is 7.64. The molecule has 0 saturated carbocycles. The minimum atomic E-state index is -3.67. The van der Waals surface area contributed by atoms with Gasteiger partial charge in [-0.25, -0.2) is 8.42 Å². The largest absolute Gasteiger partial charge is 0.350 e. The molecule has 1 aliphatic heterocycles. The van der Waals surface area contributed by atoms with E-state index in [9.17, 15) is 18.0 Å². The second-order valence-corrected chi connectivity index (χ2v) is 10.0. The van der Waals surface area contributed by atoms with Gasteiger partial charge in [0.1, 0.15) is 5.54 Å². The smallest absolute Gasteiger partial charge is 0.247 e. The highest BCUT2D eigenvalue weighted by Gasteiger charge is 2.50. The molecule has 1 atom stereocenters. The van der Waals surface area contributed by atoms with Crippen molar-refractivity contribution in [1.29, 1.82) is 0 Å². The Labute approximate surface area is 181 Å². The summed E-state index contributed by atoms with van der Waals surface area (Å²) in [4.78, 5) is 27.7. The Balaban J connectivity index is 1.98. The number of benzene rings is 2. The van der Waals surface area contributed by atoms with Crippen LogP contribution in [0.25, 0.3) is 0 Å². The van der Waals surface area contributed by atoms with Gasteiger partial charge in [-0.1, -0.05) is 48.0 Å². The quantitative estimate of drug-likeness (QED) is 0.759. The highest BCUT2D eigenvalue weighted by molar-refractivity contribution is 7.88. The van der Waals surface area contributed by atoms with Crippen LogP contribution in [0.15, 0.2) is 48.5 Å². The maximum Gasteiger partial charge on any atom is 0.247 e. The van der Waals surface area contributed by atoms with E-state index in [4.69, 9.17) is 11.6 Å². The molecule has 1 fully saturated rings. The summed E-state index contributed by atoms with van der Waals surface area (Å²) in [6.45, 7) is 3.15. The fourth-order valence-electron chi connectivity index (χ4n) is 3.49. The number of sulfonamides is 1. The number of rotatable bonds is 5. The molecule has 1 N–H and O–H groups in total. The predicted octanol–water partition coefficient (Wildman–Crippen LogP) is 2.33. The monoisotopic (exact) mass is 449 g/mol. The van der Waals surface area contributed by atoms with Gasteiger partial charge in [0.15, 0.2) is 0 Å². The first kappa shape index (κ1) is 22.3. The van der Waals surface area contributed by atoms with E-state index in [2.05, 4.69) is 5.32 Å². The van der Waals surface area contributed by atoms with Crippen LogP contribution >= 0.6 is 11.6 Å². The first-order valence-corrected chi connectivity index (χ1v) is 11.6. The topological polar surface area (TPSA) is 86.8 Å². The van der Waals surface area contributed by atoms with Crippen molar-refractivity contribution in [2.45, 2.75) is 25.9 Å². The summed E-state index contributed by atoms with van der Waals surface area (Å²) in [5.41, 5.74) is 0.715. The van der Waals surface area contributed by atoms with E-state index < -0.39 is 27.4 Å². The summed E-state index contributed by atoms with van der Waals surface area (Å²) in [5.74, 6) is -0.950. The maximum absolute atomic E-state index is 13.3. The van der Waals surface area contributed by atoms with E-state index in [1.165, 1.54) is 4.90 Å². The summed E-state index contributed by atoms with van der Waals surface area (Å²) in [7, 11) is -3.67. The van der Waals surface area contributed by atoms with Crippen molar-refractivity contribution in [3.8, 4) is 0 Å². The molecule has 0 aliphatic carbocycles. The Kier molecular flexibility index (Phi) is 6.21. The van der Waals surface area contributed by atoms with Crippen LogP contribution in [0.1, 0.15) is 18.1 Å². The Morgan fingerprint density at radius 3 is 2.47 bits per heavy atom. The van der Waals surface area contributed by atoms with Gasteiger partial charge < -0.3 is 5.32 Å². The van der Waals surface area contributed by atoms with E-state index in [-0.39, 0.29) is 19.6 Å². The lowest BCUT2D eigenvalue weighted by molar-refractivity contribution is -0.133. The number of aryl methyl sites for hydroxylation is 1. The van der Waals surface area contributed by atoms with Crippen molar-refractivity contribution >= 4 is 39.1 Å². The maximum atomic E-state index is 13.3. The van der Waals surface area contributed by atoms with Gasteiger partial charge in [0.25, 0.3) is 0 Å². The summed E-state index contributed by atoms with van der Waals surface area (Å²) in [5, 5.41) is 3.30. The van der Waals surface area contributed by atoms with Crippen LogP contribution in [0, 0.1) is 6.92 Å². The van der Waals surface area contributed by atoms with Gasteiger partial charge in [-0.15, -0.1) is 0 Å². The van der Waals surface area contributed by atoms with Crippen molar-refractivity contribution in [2.24, 2.45) is 0 Å². The Morgan fingerprint density at radius 1 is 1.20 bits per heavy atom. The van der Waals surface area contributed by atoms with Gasteiger partial charge in [-0.3, -0.25) is 14.5 Å². The third-order valence-electron chi connectivity index (χ3n) is 5.21. The zero-order chi connectivity index (χ0) is 22.1. The summed E-state index contributed by atoms with van der Waals surface area (Å²) in [6.07, 6.45) is 1.03. The normalized spacial score (nSPS) is 20.3. The highest BCUT2D eigenvalue weighted by atomic mass is 35.5. The molecule has 1 saturated heterocycles. The lowest BCUT2D eigenvalue weighted by atomic mass is 9.94. The van der Waals surface area contributed by atoms with Crippen molar-refractivity contribution in [3.05, 3.63) is 64.7 Å². The van der Waals surface area contributed by atoms with Gasteiger partial charge in [0.2, 0.25) is 21.8 Å². The molecule has 7 nitrogen and oxygen atoms in total. The fourth-order valence-corrected chi connectivity index (χ4v) is 4.50. The molecule has 0 unspecified atom stereocenters. The molecular weight excluding hydrogens is 426 g/mol. The molecule has 1 aliphatic rings. The van der Waals surface area contributed by atoms with Crippen LogP contribution in [0.3, 0.4) is 0 Å². The molecule has 0 radical (unpaired) electrons. The van der Waals surface area contributed by atoms with Crippen molar-refractivity contribution < 1.29 is 18.0 Å². The van der Waals surface area contributed by atoms with E-state index in [0.717, 1.165) is 21.7 Å². The van der Waals surface area contributed by atoms with Gasteiger partial charge in [-0.05, 0) is 37.1 Å². The molecule has 0 spiro atoms. The minimum absolute atomic E-state index is 0.163. The molecule has 3 rings (SSSR count). The van der Waals surface area contributed by atoms with Gasteiger partial charge in [-0.2, -0.15) is 4.31 Å². The Morgan fingerprint density at radius 2 is 1.87 bits per heavy atom. The average Bonchev–Trinajstić information content (AvgIpc) is 2.68. The number of carbonyl (C=O) groups excluding carboxylic acids is 2. The SMILES string of the molecule is Cc1ccc(N2C(=O)CN(S(C)(=O)=O)C[C@@]2(C)C(=O)NCc2ccccc2)cc1Cl. The predicted molar refractivity (Wildman–Crippen MR) is 117 cm³/mol. The molecular formula is C21H24ClN3O4S. The van der Waals surface area contributed by atoms with Crippen molar-refractivity contribution in [1.82, 2.24) is 9.62 Å². The number of hydrogen-bond donors (Lipinski definition) is 1. The van der Waals surface area contributed by atoms with Crippen LogP contribution in [0.4, 0.5) is 5.69 Å². The summed E-state index contributed by atoms with van der Waals surface area (Å²) < 4.78 is 25.4. The van der Waals surface area contributed by atoms with Crippen LogP contribution in [0.2, 0.25) is 5.02 Å². The number of carbonyl (C=O) groups is 2. The van der Waals surface area contributed by atoms with Crippen LogP contribution < -0.4 is 10.2 Å². The number of nitrogens with one attached hydrogen (secondary N) is 1. The lowest BCUT2D eigenvalue weighted by Gasteiger charge is -2.46. The number of amides is 2. The van der Waals surface area contributed by atoms with Gasteiger partial charge in [0, 0.05) is 23.8 Å². The fraction of sp³-hybridized carbons (Fsp3) is 0.333. The third kappa shape index (κ3) is 4.50. The molecule has 2 aromatic rings. The van der Waals surface area contributed by atoms with Crippen LogP contribution in [-0.4, -0.2) is 49.4 Å². The molecule has 160 valence electrons. The average molecular weight is 450 g/mol. The molecule has 9 heteroatoms. The Hall–Kier alpha value is -2.42. The number of piperazine rings is 1. The van der Waals surface area contributed by atoms with Crippen LogP contribution in [-0.2, 0) is 26.2 Å². The first-order chi connectivity index (χ1) is 14.0. The van der Waals surface area contributed by atoms with E-state index in [1.807, 2.05) is 37.3 Å². The van der Waals surface area contributed by atoms with Crippen molar-refractivity contribution in [3.63, 3.8) is 0 Å². The highest BCUT2D eigenvalue weighted by Crippen LogP contribution is 2.33. The molecule has 0 aromatic heterocycles. The molecule has 1 heterocycles. The van der Waals surface area contributed by atoms with Gasteiger partial charge >= 0.3 is 0 Å². The molecule has 2 aromatic carbocycles. The lowest BCUT2D eigenvalue weighted by Crippen LogP contribution is -2.70. The number of anilines is 1. The second kappa shape index (κ2) is 8.37. The van der Waals surface area contributed by atoms with E-state index in [0.29, 0.717) is 10.7 Å². The third-order valence-corrected chi connectivity index (χ3v) is 6.81. The molecule has 2 amide bonds. The van der Waals surface area contributed by atoms with Crippen molar-refractivity contribution in [2.75, 3.05) is 24.2 Å². The molecule has 30 heavy (non-hydrogen) atoms. The number of hydrogen-bond acceptors (Lipinski definition) is 4. The summed E-state index contributed by atoms with van der Waals surface area (Å²) in [6, 6.07) is 14.4. The standard InChI is InChI=1S/C21H24ClN3O4S/c1-15-9-10-17(11-18(15)22)25-19(26)13-24(30(3,28)29)14-21(25,2)20(27)23-12-16-7-5-4-6-8-16/h4-11H,12-14H2,1-3H3,(H,23,27)/t21-/m0/s1. The zero-order valence-corrected chi connectivity index (χ0v) is 18.6. The zero-order valence-electron chi connectivity index (χ0n) is 17.1. The first-order valence-electron chi connectivity index (χ1n) is 9.39. The van der Waals surface area contributed by atoms with E-state index in [1.54, 1.807) is 25.1 Å². The Bertz CT molecular complexity index is 1070. The number of nitrogens with zero attached hydrogens (tertiary/aromatic N) is 2.